The zero-order chi connectivity index (χ0) is 13.5. The van der Waals surface area contributed by atoms with Gasteiger partial charge in [0.2, 0.25) is 0 Å². The van der Waals surface area contributed by atoms with Crippen molar-refractivity contribution in [3.63, 3.8) is 0 Å². The van der Waals surface area contributed by atoms with Crippen LogP contribution in [0.15, 0.2) is 36.0 Å². The van der Waals surface area contributed by atoms with Crippen LogP contribution in [-0.2, 0) is 13.0 Å². The van der Waals surface area contributed by atoms with Crippen LogP contribution in [0.2, 0.25) is 0 Å². The van der Waals surface area contributed by atoms with E-state index >= 15 is 0 Å². The summed E-state index contributed by atoms with van der Waals surface area (Å²) in [5, 5.41) is 3.42. The number of rotatable bonds is 7. The third-order valence-corrected chi connectivity index (χ3v) is 3.64. The lowest BCUT2D eigenvalue weighted by Crippen LogP contribution is -2.27. The van der Waals surface area contributed by atoms with Gasteiger partial charge < -0.3 is 10.1 Å². The van der Waals surface area contributed by atoms with E-state index in [4.69, 9.17) is 4.74 Å². The highest BCUT2D eigenvalue weighted by atomic mass is 32.1. The molecular formula is C15H20N2OS. The maximum absolute atomic E-state index is 5.71. The summed E-state index contributed by atoms with van der Waals surface area (Å²) in [4.78, 5) is 5.17. The molecule has 0 saturated heterocycles. The highest BCUT2D eigenvalue weighted by Crippen LogP contribution is 2.16. The molecule has 0 aliphatic heterocycles. The second kappa shape index (κ2) is 7.26. The van der Waals surface area contributed by atoms with Crippen molar-refractivity contribution in [1.29, 1.82) is 0 Å². The van der Waals surface area contributed by atoms with Crippen LogP contribution < -0.4 is 10.1 Å². The van der Waals surface area contributed by atoms with Crippen LogP contribution in [0, 0.1) is 0 Å². The van der Waals surface area contributed by atoms with E-state index in [1.165, 1.54) is 5.56 Å². The maximum atomic E-state index is 5.71. The first-order chi connectivity index (χ1) is 9.28. The van der Waals surface area contributed by atoms with E-state index in [-0.39, 0.29) is 0 Å². The van der Waals surface area contributed by atoms with Gasteiger partial charge in [0.1, 0.15) is 12.4 Å². The van der Waals surface area contributed by atoms with E-state index < -0.39 is 0 Å². The van der Waals surface area contributed by atoms with Gasteiger partial charge in [0.25, 0.3) is 0 Å². The summed E-state index contributed by atoms with van der Waals surface area (Å²) in [6.07, 6.45) is 2.89. The van der Waals surface area contributed by atoms with Gasteiger partial charge in [0, 0.05) is 12.2 Å². The summed E-state index contributed by atoms with van der Waals surface area (Å²) in [6.45, 7) is 5.94. The first kappa shape index (κ1) is 14.0. The Labute approximate surface area is 118 Å². The molecule has 1 atom stereocenters. The molecule has 1 aromatic heterocycles. The number of benzene rings is 1. The molecule has 3 nitrogen and oxygen atoms in total. The standard InChI is InChI=1S/C15H20N2OS/c1-3-17-12(2)8-13-4-6-14(7-5-13)18-10-15-9-16-11-19-15/h4-7,9,11-12,17H,3,8,10H2,1-2H3. The zero-order valence-electron chi connectivity index (χ0n) is 11.4. The Morgan fingerprint density at radius 3 is 2.74 bits per heavy atom. The van der Waals surface area contributed by atoms with Crippen molar-refractivity contribution in [2.75, 3.05) is 6.54 Å². The van der Waals surface area contributed by atoms with Gasteiger partial charge in [-0.25, -0.2) is 0 Å². The number of likely N-dealkylation sites (N-methyl/N-ethyl adjacent to an activating group) is 1. The van der Waals surface area contributed by atoms with Crippen LogP contribution >= 0.6 is 11.3 Å². The van der Waals surface area contributed by atoms with Crippen molar-refractivity contribution in [1.82, 2.24) is 10.3 Å². The summed E-state index contributed by atoms with van der Waals surface area (Å²) < 4.78 is 5.71. The smallest absolute Gasteiger partial charge is 0.124 e. The van der Waals surface area contributed by atoms with Crippen LogP contribution in [-0.4, -0.2) is 17.6 Å². The molecule has 0 radical (unpaired) electrons. The molecule has 0 aliphatic rings. The maximum Gasteiger partial charge on any atom is 0.124 e. The summed E-state index contributed by atoms with van der Waals surface area (Å²) in [5.74, 6) is 0.910. The number of thiazole rings is 1. The lowest BCUT2D eigenvalue weighted by atomic mass is 10.1. The third kappa shape index (κ3) is 4.65. The van der Waals surface area contributed by atoms with Crippen LogP contribution in [0.25, 0.3) is 0 Å². The Bertz CT molecular complexity index is 467. The Morgan fingerprint density at radius 2 is 2.11 bits per heavy atom. The van der Waals surface area contributed by atoms with Crippen molar-refractivity contribution in [2.45, 2.75) is 32.9 Å². The Balaban J connectivity index is 1.84. The van der Waals surface area contributed by atoms with E-state index in [2.05, 4.69) is 36.3 Å². The van der Waals surface area contributed by atoms with Gasteiger partial charge in [-0.3, -0.25) is 4.98 Å². The van der Waals surface area contributed by atoms with Crippen molar-refractivity contribution < 1.29 is 4.74 Å². The van der Waals surface area contributed by atoms with Gasteiger partial charge >= 0.3 is 0 Å². The fourth-order valence-corrected chi connectivity index (χ4v) is 2.47. The SMILES string of the molecule is CCNC(C)Cc1ccc(OCc2cncs2)cc1. The van der Waals surface area contributed by atoms with Crippen LogP contribution in [0.1, 0.15) is 24.3 Å². The number of hydrogen-bond donors (Lipinski definition) is 1. The minimum atomic E-state index is 0.508. The van der Waals surface area contributed by atoms with Crippen LogP contribution in [0.5, 0.6) is 5.75 Å². The molecule has 19 heavy (non-hydrogen) atoms. The number of aromatic nitrogens is 1. The number of hydrogen-bond acceptors (Lipinski definition) is 4. The molecule has 1 N–H and O–H groups in total. The largest absolute Gasteiger partial charge is 0.488 e. The fourth-order valence-electron chi connectivity index (χ4n) is 1.96. The Hall–Kier alpha value is -1.39. The van der Waals surface area contributed by atoms with Crippen molar-refractivity contribution in [3.05, 3.63) is 46.4 Å². The first-order valence-corrected chi connectivity index (χ1v) is 7.48. The van der Waals surface area contributed by atoms with Gasteiger partial charge in [0.05, 0.1) is 10.4 Å². The molecule has 102 valence electrons. The lowest BCUT2D eigenvalue weighted by Gasteiger charge is -2.12. The highest BCUT2D eigenvalue weighted by molar-refractivity contribution is 7.09. The second-order valence-electron chi connectivity index (χ2n) is 4.56. The zero-order valence-corrected chi connectivity index (χ0v) is 12.2. The molecule has 0 bridgehead atoms. The number of nitrogens with one attached hydrogen (secondary N) is 1. The first-order valence-electron chi connectivity index (χ1n) is 6.60. The summed E-state index contributed by atoms with van der Waals surface area (Å²) in [5.41, 5.74) is 3.16. The minimum absolute atomic E-state index is 0.508. The average Bonchev–Trinajstić information content (AvgIpc) is 2.91. The second-order valence-corrected chi connectivity index (χ2v) is 5.53. The molecule has 0 saturated carbocycles. The summed E-state index contributed by atoms with van der Waals surface area (Å²) in [7, 11) is 0. The Morgan fingerprint density at radius 1 is 1.32 bits per heavy atom. The molecule has 1 unspecified atom stereocenters. The van der Waals surface area contributed by atoms with Crippen LogP contribution in [0.3, 0.4) is 0 Å². The van der Waals surface area contributed by atoms with Gasteiger partial charge in [-0.05, 0) is 37.6 Å². The molecule has 2 rings (SSSR count). The lowest BCUT2D eigenvalue weighted by molar-refractivity contribution is 0.309. The topological polar surface area (TPSA) is 34.1 Å². The number of ether oxygens (including phenoxy) is 1. The van der Waals surface area contributed by atoms with E-state index in [1.54, 1.807) is 11.3 Å². The molecule has 0 amide bonds. The van der Waals surface area contributed by atoms with Gasteiger partial charge in [0.15, 0.2) is 0 Å². The highest BCUT2D eigenvalue weighted by Gasteiger charge is 2.02. The molecule has 0 aliphatic carbocycles. The quantitative estimate of drug-likeness (QED) is 0.843. The Kier molecular flexibility index (Phi) is 5.36. The summed E-state index contributed by atoms with van der Waals surface area (Å²) in [6, 6.07) is 8.85. The van der Waals surface area contributed by atoms with Crippen LogP contribution in [0.4, 0.5) is 0 Å². The normalized spacial score (nSPS) is 12.3. The van der Waals surface area contributed by atoms with Gasteiger partial charge in [-0.2, -0.15) is 0 Å². The predicted octanol–water partition coefficient (Wildman–Crippen LogP) is 3.26. The summed E-state index contributed by atoms with van der Waals surface area (Å²) >= 11 is 1.61. The van der Waals surface area contributed by atoms with Crippen molar-refractivity contribution in [2.24, 2.45) is 0 Å². The third-order valence-electron chi connectivity index (χ3n) is 2.88. The monoisotopic (exact) mass is 276 g/mol. The van der Waals surface area contributed by atoms with E-state index in [0.717, 1.165) is 23.6 Å². The fraction of sp³-hybridized carbons (Fsp3) is 0.400. The minimum Gasteiger partial charge on any atom is -0.488 e. The molecule has 1 aromatic carbocycles. The van der Waals surface area contributed by atoms with Crippen molar-refractivity contribution >= 4 is 11.3 Å². The molecule has 0 fully saturated rings. The average molecular weight is 276 g/mol. The molecule has 0 spiro atoms. The molecule has 1 heterocycles. The predicted molar refractivity (Wildman–Crippen MR) is 79.7 cm³/mol. The molecule has 4 heteroatoms. The van der Waals surface area contributed by atoms with E-state index in [0.29, 0.717) is 12.6 Å². The molecule has 2 aromatic rings. The van der Waals surface area contributed by atoms with Gasteiger partial charge in [-0.15, -0.1) is 11.3 Å². The number of nitrogens with zero attached hydrogens (tertiary/aromatic N) is 1. The van der Waals surface area contributed by atoms with E-state index in [1.807, 2.05) is 23.8 Å². The van der Waals surface area contributed by atoms with E-state index in [9.17, 15) is 0 Å². The van der Waals surface area contributed by atoms with Crippen molar-refractivity contribution in [3.8, 4) is 5.75 Å². The van der Waals surface area contributed by atoms with Gasteiger partial charge in [-0.1, -0.05) is 19.1 Å². The molecular weight excluding hydrogens is 256 g/mol.